The minimum atomic E-state index is 1.04. The number of aryl methyl sites for hydroxylation is 1. The standard InChI is InChI=1S/C16H20NS/c1-3-5-6-7-9-13-10-11-15-14(12-13)17-16(18-15)8-4-2/h4,8,10-12H,2-3,5-7,9H2,1H3/b8-4+. The zero-order chi connectivity index (χ0) is 12.8. The number of fused-ring (bicyclic) bond motifs is 1. The van der Waals surface area contributed by atoms with Crippen LogP contribution in [0.25, 0.3) is 16.3 Å². The van der Waals surface area contributed by atoms with Crippen molar-refractivity contribution in [2.45, 2.75) is 39.0 Å². The fourth-order valence-electron chi connectivity index (χ4n) is 2.07. The summed E-state index contributed by atoms with van der Waals surface area (Å²) in [6.07, 6.45) is 10.2. The summed E-state index contributed by atoms with van der Waals surface area (Å²) in [6, 6.07) is 6.67. The molecule has 1 radical (unpaired) electrons. The van der Waals surface area contributed by atoms with Gasteiger partial charge in [0, 0.05) is 0 Å². The monoisotopic (exact) mass is 258 g/mol. The van der Waals surface area contributed by atoms with Gasteiger partial charge in [0.05, 0.1) is 10.2 Å². The van der Waals surface area contributed by atoms with Crippen LogP contribution in [0.2, 0.25) is 0 Å². The number of rotatable bonds is 6. The number of unbranched alkanes of at least 4 members (excludes halogenated alkanes) is 3. The van der Waals surface area contributed by atoms with E-state index in [4.69, 9.17) is 0 Å². The molecule has 0 saturated carbocycles. The molecule has 95 valence electrons. The average Bonchev–Trinajstić information content (AvgIpc) is 2.76. The van der Waals surface area contributed by atoms with Gasteiger partial charge in [-0.1, -0.05) is 38.3 Å². The highest BCUT2D eigenvalue weighted by atomic mass is 32.1. The number of thiazole rings is 1. The molecule has 2 aromatic rings. The van der Waals surface area contributed by atoms with Gasteiger partial charge in [0.15, 0.2) is 0 Å². The largest absolute Gasteiger partial charge is 0.237 e. The Labute approximate surface area is 114 Å². The second kappa shape index (κ2) is 6.69. The number of nitrogens with zero attached hydrogens (tertiary/aromatic N) is 1. The van der Waals surface area contributed by atoms with Crippen LogP contribution in [0.15, 0.2) is 24.3 Å². The van der Waals surface area contributed by atoms with E-state index in [9.17, 15) is 0 Å². The molecule has 0 atom stereocenters. The molecule has 1 aromatic heterocycles. The lowest BCUT2D eigenvalue weighted by atomic mass is 10.1. The SMILES string of the molecule is [CH2]/C=C/c1nc2cc(CCCCCC)ccc2s1. The van der Waals surface area contributed by atoms with Crippen LogP contribution >= 0.6 is 11.3 Å². The first-order chi connectivity index (χ1) is 8.83. The molecule has 0 aliphatic heterocycles. The van der Waals surface area contributed by atoms with Gasteiger partial charge in [-0.3, -0.25) is 0 Å². The van der Waals surface area contributed by atoms with Gasteiger partial charge in [0.1, 0.15) is 5.01 Å². The molecule has 0 unspecified atom stereocenters. The molecule has 0 spiro atoms. The molecule has 0 aliphatic carbocycles. The molecular weight excluding hydrogens is 238 g/mol. The maximum atomic E-state index is 4.60. The van der Waals surface area contributed by atoms with Crippen LogP contribution in [-0.4, -0.2) is 4.98 Å². The second-order valence-electron chi connectivity index (χ2n) is 4.57. The predicted octanol–water partition coefficient (Wildman–Crippen LogP) is 5.27. The van der Waals surface area contributed by atoms with Crippen LogP contribution in [0.1, 0.15) is 43.2 Å². The maximum Gasteiger partial charge on any atom is 0.117 e. The molecule has 1 heterocycles. The summed E-state index contributed by atoms with van der Waals surface area (Å²) in [5.74, 6) is 0. The van der Waals surface area contributed by atoms with E-state index in [1.807, 2.05) is 6.08 Å². The molecular formula is C16H20NS. The van der Waals surface area contributed by atoms with Crippen LogP contribution < -0.4 is 0 Å². The highest BCUT2D eigenvalue weighted by molar-refractivity contribution is 7.19. The van der Waals surface area contributed by atoms with Gasteiger partial charge in [0.25, 0.3) is 0 Å². The molecule has 0 N–H and O–H groups in total. The summed E-state index contributed by atoms with van der Waals surface area (Å²) in [5.41, 5.74) is 2.54. The first-order valence-electron chi connectivity index (χ1n) is 6.68. The fraction of sp³-hybridized carbons (Fsp3) is 0.375. The molecule has 0 aliphatic rings. The summed E-state index contributed by atoms with van der Waals surface area (Å²) >= 11 is 1.72. The van der Waals surface area contributed by atoms with E-state index < -0.39 is 0 Å². The number of hydrogen-bond donors (Lipinski definition) is 0. The summed E-state index contributed by atoms with van der Waals surface area (Å²) in [7, 11) is 0. The first kappa shape index (κ1) is 13.3. The summed E-state index contributed by atoms with van der Waals surface area (Å²) in [5, 5.41) is 1.04. The van der Waals surface area contributed by atoms with Crippen molar-refractivity contribution in [1.82, 2.24) is 4.98 Å². The lowest BCUT2D eigenvalue weighted by Gasteiger charge is -2.00. The Bertz CT molecular complexity index is 525. The highest BCUT2D eigenvalue weighted by Crippen LogP contribution is 2.24. The van der Waals surface area contributed by atoms with Crippen molar-refractivity contribution in [3.63, 3.8) is 0 Å². The van der Waals surface area contributed by atoms with E-state index in [0.717, 1.165) is 10.5 Å². The second-order valence-corrected chi connectivity index (χ2v) is 5.63. The highest BCUT2D eigenvalue weighted by Gasteiger charge is 2.02. The Hall–Kier alpha value is -1.15. The van der Waals surface area contributed by atoms with Gasteiger partial charge in [0.2, 0.25) is 0 Å². The van der Waals surface area contributed by atoms with Crippen molar-refractivity contribution in [1.29, 1.82) is 0 Å². The van der Waals surface area contributed by atoms with Gasteiger partial charge in [-0.15, -0.1) is 11.3 Å². The van der Waals surface area contributed by atoms with E-state index in [0.29, 0.717) is 0 Å². The summed E-state index contributed by atoms with van der Waals surface area (Å²) < 4.78 is 1.26. The quantitative estimate of drug-likeness (QED) is 0.643. The first-order valence-corrected chi connectivity index (χ1v) is 7.50. The summed E-state index contributed by atoms with van der Waals surface area (Å²) in [6.45, 7) is 5.96. The maximum absolute atomic E-state index is 4.60. The number of benzene rings is 1. The van der Waals surface area contributed by atoms with Crippen LogP contribution in [-0.2, 0) is 6.42 Å². The van der Waals surface area contributed by atoms with Crippen molar-refractivity contribution >= 4 is 27.6 Å². The third kappa shape index (κ3) is 3.42. The molecule has 2 heteroatoms. The zero-order valence-electron chi connectivity index (χ0n) is 11.0. The van der Waals surface area contributed by atoms with Gasteiger partial charge in [-0.2, -0.15) is 0 Å². The molecule has 1 aromatic carbocycles. The van der Waals surface area contributed by atoms with E-state index >= 15 is 0 Å². The van der Waals surface area contributed by atoms with E-state index in [1.165, 1.54) is 42.4 Å². The van der Waals surface area contributed by atoms with Crippen LogP contribution in [0.5, 0.6) is 0 Å². The topological polar surface area (TPSA) is 12.9 Å². The lowest BCUT2D eigenvalue weighted by molar-refractivity contribution is 0.667. The number of hydrogen-bond acceptors (Lipinski definition) is 2. The average molecular weight is 258 g/mol. The van der Waals surface area contributed by atoms with E-state index in [-0.39, 0.29) is 0 Å². The fourth-order valence-corrected chi connectivity index (χ4v) is 2.95. The number of allylic oxidation sites excluding steroid dienone is 1. The molecule has 0 bridgehead atoms. The molecule has 0 amide bonds. The van der Waals surface area contributed by atoms with Gasteiger partial charge >= 0.3 is 0 Å². The van der Waals surface area contributed by atoms with Crippen LogP contribution in [0.4, 0.5) is 0 Å². The van der Waals surface area contributed by atoms with Gasteiger partial charge < -0.3 is 0 Å². The molecule has 0 fully saturated rings. The minimum absolute atomic E-state index is 1.04. The molecule has 18 heavy (non-hydrogen) atoms. The molecule has 1 nitrogen and oxygen atoms in total. The van der Waals surface area contributed by atoms with Crippen molar-refractivity contribution < 1.29 is 0 Å². The lowest BCUT2D eigenvalue weighted by Crippen LogP contribution is -1.85. The van der Waals surface area contributed by atoms with Crippen LogP contribution in [0, 0.1) is 6.92 Å². The van der Waals surface area contributed by atoms with Crippen molar-refractivity contribution in [3.8, 4) is 0 Å². The van der Waals surface area contributed by atoms with Crippen molar-refractivity contribution in [3.05, 3.63) is 41.8 Å². The Balaban J connectivity index is 2.06. The van der Waals surface area contributed by atoms with Crippen molar-refractivity contribution in [2.75, 3.05) is 0 Å². The Kier molecular flexibility index (Phi) is 4.94. The summed E-state index contributed by atoms with van der Waals surface area (Å²) in [4.78, 5) is 4.60. The normalized spacial score (nSPS) is 11.7. The third-order valence-electron chi connectivity index (χ3n) is 3.05. The molecule has 0 saturated heterocycles. The zero-order valence-corrected chi connectivity index (χ0v) is 11.8. The number of aromatic nitrogens is 1. The van der Waals surface area contributed by atoms with E-state index in [1.54, 1.807) is 17.4 Å². The van der Waals surface area contributed by atoms with Gasteiger partial charge in [-0.25, -0.2) is 4.98 Å². The third-order valence-corrected chi connectivity index (χ3v) is 4.05. The Morgan fingerprint density at radius 2 is 2.17 bits per heavy atom. The van der Waals surface area contributed by atoms with Crippen LogP contribution in [0.3, 0.4) is 0 Å². The van der Waals surface area contributed by atoms with E-state index in [2.05, 4.69) is 37.0 Å². The smallest absolute Gasteiger partial charge is 0.117 e. The minimum Gasteiger partial charge on any atom is -0.237 e. The molecule has 2 rings (SSSR count). The Morgan fingerprint density at radius 3 is 2.94 bits per heavy atom. The Morgan fingerprint density at radius 1 is 1.28 bits per heavy atom. The van der Waals surface area contributed by atoms with Crippen molar-refractivity contribution in [2.24, 2.45) is 0 Å². The van der Waals surface area contributed by atoms with Gasteiger partial charge in [-0.05, 0) is 43.5 Å². The predicted molar refractivity (Wildman–Crippen MR) is 81.9 cm³/mol.